The Morgan fingerprint density at radius 3 is 2.95 bits per heavy atom. The lowest BCUT2D eigenvalue weighted by molar-refractivity contribution is 0.0668. The van der Waals surface area contributed by atoms with Crippen molar-refractivity contribution in [3.8, 4) is 0 Å². The molecular weight excluding hydrogens is 288 g/mol. The molecule has 1 aliphatic rings. The molecule has 1 amide bonds. The van der Waals surface area contributed by atoms with Crippen LogP contribution in [0.5, 0.6) is 0 Å². The summed E-state index contributed by atoms with van der Waals surface area (Å²) in [4.78, 5) is 14.4. The predicted octanol–water partition coefficient (Wildman–Crippen LogP) is 2.99. The number of nitrogens with zero attached hydrogens (tertiary/aromatic N) is 1. The molecule has 4 nitrogen and oxygen atoms in total. The summed E-state index contributed by atoms with van der Waals surface area (Å²) in [7, 11) is 1.95. The van der Waals surface area contributed by atoms with Crippen molar-refractivity contribution in [2.24, 2.45) is 0 Å². The normalized spacial score (nSPS) is 18.6. The van der Waals surface area contributed by atoms with Crippen LogP contribution >= 0.6 is 12.4 Å². The maximum Gasteiger partial charge on any atom is 0.289 e. The summed E-state index contributed by atoms with van der Waals surface area (Å²) in [6.07, 6.45) is 2.16. The first-order valence-corrected chi connectivity index (χ1v) is 7.14. The number of likely N-dealkylation sites (N-methyl/N-ethyl adjacent to an activating group) is 1. The van der Waals surface area contributed by atoms with Gasteiger partial charge in [0.15, 0.2) is 5.76 Å². The minimum atomic E-state index is 0. The number of fused-ring (bicyclic) bond motifs is 1. The largest absolute Gasteiger partial charge is 0.451 e. The maximum atomic E-state index is 12.5. The van der Waals surface area contributed by atoms with Gasteiger partial charge < -0.3 is 14.6 Å². The van der Waals surface area contributed by atoms with E-state index in [1.165, 1.54) is 0 Å². The molecule has 1 fully saturated rings. The molecule has 0 spiro atoms. The van der Waals surface area contributed by atoms with Crippen LogP contribution in [0.1, 0.15) is 29.0 Å². The van der Waals surface area contributed by atoms with Crippen molar-refractivity contribution in [1.82, 2.24) is 10.2 Å². The zero-order valence-corrected chi connectivity index (χ0v) is 13.2. The Morgan fingerprint density at radius 1 is 1.43 bits per heavy atom. The number of carbonyl (C=O) groups is 1. The third-order valence-electron chi connectivity index (χ3n) is 4.07. The molecule has 1 saturated heterocycles. The van der Waals surface area contributed by atoms with Gasteiger partial charge in [0.05, 0.1) is 0 Å². The zero-order chi connectivity index (χ0) is 14.1. The monoisotopic (exact) mass is 308 g/mol. The molecule has 3 rings (SSSR count). The number of aryl methyl sites for hydroxylation is 1. The zero-order valence-electron chi connectivity index (χ0n) is 12.4. The summed E-state index contributed by atoms with van der Waals surface area (Å²) in [5.41, 5.74) is 1.88. The fourth-order valence-corrected chi connectivity index (χ4v) is 2.87. The minimum absolute atomic E-state index is 0. The Balaban J connectivity index is 0.00000161. The number of benzene rings is 1. The van der Waals surface area contributed by atoms with Gasteiger partial charge in [0.2, 0.25) is 0 Å². The number of rotatable bonds is 2. The van der Waals surface area contributed by atoms with Gasteiger partial charge in [0.1, 0.15) is 5.58 Å². The quantitative estimate of drug-likeness (QED) is 0.927. The number of likely N-dealkylation sites (tertiary alicyclic amines) is 1. The summed E-state index contributed by atoms with van der Waals surface area (Å²) in [5.74, 6) is 0.451. The third-order valence-corrected chi connectivity index (χ3v) is 4.07. The Kier molecular flexibility index (Phi) is 4.91. The number of para-hydroxylation sites is 1. The third kappa shape index (κ3) is 3.06. The number of amides is 1. The second-order valence-electron chi connectivity index (χ2n) is 5.48. The van der Waals surface area contributed by atoms with E-state index < -0.39 is 0 Å². The number of hydrogen-bond acceptors (Lipinski definition) is 3. The SMILES string of the molecule is CNC1CCCN(C(=O)c2cc3cccc(C)c3o2)C1.Cl. The van der Waals surface area contributed by atoms with E-state index in [1.54, 1.807) is 0 Å². The second kappa shape index (κ2) is 6.50. The summed E-state index contributed by atoms with van der Waals surface area (Å²) < 4.78 is 5.77. The molecule has 2 aromatic rings. The molecule has 21 heavy (non-hydrogen) atoms. The van der Waals surface area contributed by atoms with Crippen molar-refractivity contribution in [3.63, 3.8) is 0 Å². The van der Waals surface area contributed by atoms with Crippen LogP contribution < -0.4 is 5.32 Å². The van der Waals surface area contributed by atoms with Crippen LogP contribution in [0.4, 0.5) is 0 Å². The van der Waals surface area contributed by atoms with Crippen LogP contribution in [0, 0.1) is 6.92 Å². The highest BCUT2D eigenvalue weighted by atomic mass is 35.5. The molecule has 114 valence electrons. The number of nitrogens with one attached hydrogen (secondary N) is 1. The highest BCUT2D eigenvalue weighted by Crippen LogP contribution is 2.24. The highest BCUT2D eigenvalue weighted by molar-refractivity contribution is 5.96. The summed E-state index contributed by atoms with van der Waals surface area (Å²) in [6, 6.07) is 8.21. The Hall–Kier alpha value is -1.52. The second-order valence-corrected chi connectivity index (χ2v) is 5.48. The summed E-state index contributed by atoms with van der Waals surface area (Å²) in [5, 5.41) is 4.25. The van der Waals surface area contributed by atoms with Crippen molar-refractivity contribution < 1.29 is 9.21 Å². The number of hydrogen-bond donors (Lipinski definition) is 1. The highest BCUT2D eigenvalue weighted by Gasteiger charge is 2.25. The lowest BCUT2D eigenvalue weighted by atomic mass is 10.1. The van der Waals surface area contributed by atoms with Crippen molar-refractivity contribution in [2.75, 3.05) is 20.1 Å². The van der Waals surface area contributed by atoms with Crippen molar-refractivity contribution in [1.29, 1.82) is 0 Å². The van der Waals surface area contributed by atoms with Gasteiger partial charge in [-0.15, -0.1) is 12.4 Å². The first kappa shape index (κ1) is 15.9. The van der Waals surface area contributed by atoms with Crippen LogP contribution in [-0.4, -0.2) is 37.0 Å². The van der Waals surface area contributed by atoms with Crippen LogP contribution in [0.25, 0.3) is 11.0 Å². The first-order chi connectivity index (χ1) is 9.69. The van der Waals surface area contributed by atoms with Crippen LogP contribution in [-0.2, 0) is 0 Å². The average Bonchev–Trinajstić information content (AvgIpc) is 2.92. The first-order valence-electron chi connectivity index (χ1n) is 7.14. The number of carbonyl (C=O) groups excluding carboxylic acids is 1. The fourth-order valence-electron chi connectivity index (χ4n) is 2.87. The minimum Gasteiger partial charge on any atom is -0.451 e. The van der Waals surface area contributed by atoms with Crippen molar-refractivity contribution in [3.05, 3.63) is 35.6 Å². The lowest BCUT2D eigenvalue weighted by Gasteiger charge is -2.31. The van der Waals surface area contributed by atoms with Gasteiger partial charge >= 0.3 is 0 Å². The molecule has 1 aromatic carbocycles. The molecule has 1 atom stereocenters. The molecule has 1 unspecified atom stereocenters. The number of furan rings is 1. The van der Waals surface area contributed by atoms with E-state index in [0.717, 1.165) is 42.5 Å². The van der Waals surface area contributed by atoms with Crippen molar-refractivity contribution >= 4 is 29.3 Å². The van der Waals surface area contributed by atoms with Crippen LogP contribution in [0.2, 0.25) is 0 Å². The standard InChI is InChI=1S/C16H20N2O2.ClH/c1-11-5-3-6-12-9-14(20-15(11)12)16(19)18-8-4-7-13(10-18)17-2;/h3,5-6,9,13,17H,4,7-8,10H2,1-2H3;1H. The Bertz CT molecular complexity index is 638. The van der Waals surface area contributed by atoms with Crippen molar-refractivity contribution in [2.45, 2.75) is 25.8 Å². The van der Waals surface area contributed by atoms with Gasteiger partial charge in [0, 0.05) is 24.5 Å². The molecule has 2 heterocycles. The van der Waals surface area contributed by atoms with E-state index in [1.807, 2.05) is 43.1 Å². The lowest BCUT2D eigenvalue weighted by Crippen LogP contribution is -2.46. The predicted molar refractivity (Wildman–Crippen MR) is 86.2 cm³/mol. The molecule has 1 aliphatic heterocycles. The Morgan fingerprint density at radius 2 is 2.24 bits per heavy atom. The maximum absolute atomic E-state index is 12.5. The van der Waals surface area contributed by atoms with Gasteiger partial charge in [0.25, 0.3) is 5.91 Å². The molecule has 5 heteroatoms. The topological polar surface area (TPSA) is 45.5 Å². The average molecular weight is 309 g/mol. The molecule has 1 N–H and O–H groups in total. The van der Waals surface area contributed by atoms with E-state index in [0.29, 0.717) is 11.8 Å². The van der Waals surface area contributed by atoms with Gasteiger partial charge in [-0.2, -0.15) is 0 Å². The van der Waals surface area contributed by atoms with Crippen LogP contribution in [0.3, 0.4) is 0 Å². The number of piperidine rings is 1. The van der Waals surface area contributed by atoms with E-state index in [4.69, 9.17) is 4.42 Å². The molecule has 1 aromatic heterocycles. The van der Waals surface area contributed by atoms with Gasteiger partial charge in [-0.3, -0.25) is 4.79 Å². The molecule has 0 saturated carbocycles. The van der Waals surface area contributed by atoms with Crippen LogP contribution in [0.15, 0.2) is 28.7 Å². The summed E-state index contributed by atoms with van der Waals surface area (Å²) in [6.45, 7) is 3.57. The summed E-state index contributed by atoms with van der Waals surface area (Å²) >= 11 is 0. The number of halogens is 1. The molecular formula is C16H21ClN2O2. The van der Waals surface area contributed by atoms with E-state index in [-0.39, 0.29) is 18.3 Å². The van der Waals surface area contributed by atoms with E-state index in [9.17, 15) is 4.79 Å². The van der Waals surface area contributed by atoms with E-state index in [2.05, 4.69) is 5.32 Å². The van der Waals surface area contributed by atoms with Gasteiger partial charge in [-0.1, -0.05) is 18.2 Å². The smallest absolute Gasteiger partial charge is 0.289 e. The fraction of sp³-hybridized carbons (Fsp3) is 0.438. The Labute approximate surface area is 130 Å². The molecule has 0 aliphatic carbocycles. The molecule has 0 bridgehead atoms. The van der Waals surface area contributed by atoms with Gasteiger partial charge in [-0.05, 0) is 38.4 Å². The van der Waals surface area contributed by atoms with E-state index >= 15 is 0 Å². The molecule has 0 radical (unpaired) electrons. The van der Waals surface area contributed by atoms with Gasteiger partial charge in [-0.25, -0.2) is 0 Å².